The number of rotatable bonds is 11. The van der Waals surface area contributed by atoms with Crippen LogP contribution in [0.2, 0.25) is 0 Å². The van der Waals surface area contributed by atoms with Gasteiger partial charge in [-0.2, -0.15) is 9.83 Å². The van der Waals surface area contributed by atoms with Gasteiger partial charge < -0.3 is 41.1 Å². The number of carboxylic acid groups (broad SMARTS) is 2. The number of hydrogen-bond donors (Lipinski definition) is 5. The number of β-lactam (4-membered cyclic amide) rings is 1. The highest BCUT2D eigenvalue weighted by Crippen LogP contribution is 2.40. The van der Waals surface area contributed by atoms with Crippen LogP contribution in [0.5, 0.6) is 11.5 Å². The fraction of sp³-hybridized carbons (Fsp3) is 0.152. The molecule has 258 valence electrons. The first-order valence-corrected chi connectivity index (χ1v) is 16.8. The van der Waals surface area contributed by atoms with E-state index >= 15 is 0 Å². The van der Waals surface area contributed by atoms with E-state index in [-0.39, 0.29) is 27.8 Å². The fourth-order valence-corrected chi connectivity index (χ4v) is 7.36. The molecule has 18 heteroatoms. The number of nitrogens with two attached hydrogens (primary N) is 1. The number of fused-ring (bicyclic) bond motifs is 2. The number of carbonyl (C=O) groups is 4. The number of carboxylic acids is 2. The highest BCUT2D eigenvalue weighted by atomic mass is 32.2. The van der Waals surface area contributed by atoms with E-state index in [1.165, 1.54) is 17.1 Å². The van der Waals surface area contributed by atoms with Crippen LogP contribution in [-0.2, 0) is 30.6 Å². The summed E-state index contributed by atoms with van der Waals surface area (Å²) in [6.07, 6.45) is 3.33. The fourth-order valence-electron chi connectivity index (χ4n) is 5.49. The molecule has 4 aromatic rings. The molecule has 0 bridgehead atoms. The number of nitriles is 1. The average molecular weight is 728 g/mol. The van der Waals surface area contributed by atoms with Crippen LogP contribution in [0, 0.1) is 11.3 Å². The highest BCUT2D eigenvalue weighted by Gasteiger charge is 2.53. The molecule has 1 fully saturated rings. The molecule has 0 spiro atoms. The number of pyridine rings is 1. The summed E-state index contributed by atoms with van der Waals surface area (Å²) in [6, 6.07) is 13.9. The molecule has 3 atom stereocenters. The molecule has 3 unspecified atom stereocenters. The summed E-state index contributed by atoms with van der Waals surface area (Å²) in [5, 5.41) is 58.9. The molecule has 0 saturated carbocycles. The lowest BCUT2D eigenvalue weighted by Crippen LogP contribution is -2.71. The molecule has 0 aliphatic carbocycles. The minimum absolute atomic E-state index is 0.0271. The van der Waals surface area contributed by atoms with Crippen molar-refractivity contribution in [1.29, 1.82) is 5.26 Å². The standard InChI is InChI=1S/C33H25N7O9S2/c34-13-19-11-18(12-22(41)26(19)42)27(32(47)48)49-38-23(20-15-51-33(35)36-20)28(43)37-24-29(44)40-25(31(45)46)17(14-50-30(24)40)7-4-10-39-9-3-6-16-5-1-2-8-21(16)39/h1-9,11-12,15,24,27,30H,10,14H2,(H6-,35,36,37,38,41,42,43,45,46,47,48). The number of aliphatic carboxylic acids is 2. The molecular weight excluding hydrogens is 703 g/mol. The zero-order chi connectivity index (χ0) is 36.4. The third-order valence-corrected chi connectivity index (χ3v) is 9.85. The molecule has 1 saturated heterocycles. The number of nitrogen functional groups attached to an aromatic ring is 1. The van der Waals surface area contributed by atoms with E-state index in [1.54, 1.807) is 18.2 Å². The molecule has 6 N–H and O–H groups in total. The van der Waals surface area contributed by atoms with Crippen LogP contribution in [0.4, 0.5) is 5.13 Å². The zero-order valence-electron chi connectivity index (χ0n) is 26.0. The zero-order valence-corrected chi connectivity index (χ0v) is 27.6. The number of oxime groups is 1. The van der Waals surface area contributed by atoms with Gasteiger partial charge in [-0.1, -0.05) is 23.4 Å². The van der Waals surface area contributed by atoms with Gasteiger partial charge in [-0.05, 0) is 35.9 Å². The molecule has 51 heavy (non-hydrogen) atoms. The minimum Gasteiger partial charge on any atom is -0.543 e. The number of para-hydroxylation sites is 1. The van der Waals surface area contributed by atoms with Gasteiger partial charge in [0.2, 0.25) is 11.6 Å². The monoisotopic (exact) mass is 727 g/mol. The van der Waals surface area contributed by atoms with E-state index in [2.05, 4.69) is 15.5 Å². The highest BCUT2D eigenvalue weighted by molar-refractivity contribution is 8.00. The number of anilines is 1. The molecule has 16 nitrogen and oxygen atoms in total. The second kappa shape index (κ2) is 14.2. The van der Waals surface area contributed by atoms with Gasteiger partial charge in [-0.3, -0.25) is 14.5 Å². The maximum absolute atomic E-state index is 13.5. The predicted octanol–water partition coefficient (Wildman–Crippen LogP) is 0.656. The summed E-state index contributed by atoms with van der Waals surface area (Å²) in [6.45, 7) is 0.424. The van der Waals surface area contributed by atoms with Crippen molar-refractivity contribution in [3.05, 3.63) is 100 Å². The smallest absolute Gasteiger partial charge is 0.352 e. The Bertz CT molecular complexity index is 2240. The summed E-state index contributed by atoms with van der Waals surface area (Å²) in [5.41, 5.74) is 5.31. The summed E-state index contributed by atoms with van der Waals surface area (Å²) in [5.74, 6) is -6.34. The number of phenolic OH excluding ortho intramolecular Hbond substituents is 2. The summed E-state index contributed by atoms with van der Waals surface area (Å²) in [7, 11) is 0. The SMILES string of the molecule is N#Cc1cc(C(ON=C(C(=O)NC2C(=O)N3C(C(=O)[O-])=C(C=CC[n+]4cccc5ccccc54)CSC23)c2csc(N)n2)C(=O)O)cc(O)c1O. The summed E-state index contributed by atoms with van der Waals surface area (Å²) in [4.78, 5) is 61.5. The third kappa shape index (κ3) is 6.75. The van der Waals surface area contributed by atoms with Crippen LogP contribution in [0.15, 0.2) is 88.7 Å². The number of carbonyl (C=O) groups excluding carboxylic acids is 3. The van der Waals surface area contributed by atoms with E-state index < -0.39 is 64.0 Å². The van der Waals surface area contributed by atoms with Crippen molar-refractivity contribution in [2.75, 3.05) is 11.5 Å². The van der Waals surface area contributed by atoms with Crippen LogP contribution in [0.25, 0.3) is 10.9 Å². The van der Waals surface area contributed by atoms with Gasteiger partial charge in [-0.25, -0.2) is 9.78 Å². The van der Waals surface area contributed by atoms with Crippen molar-refractivity contribution in [3.8, 4) is 17.6 Å². The third-order valence-electron chi connectivity index (χ3n) is 7.88. The summed E-state index contributed by atoms with van der Waals surface area (Å²) < 4.78 is 1.99. The van der Waals surface area contributed by atoms with Gasteiger partial charge in [0, 0.05) is 34.2 Å². The molecule has 2 aromatic carbocycles. The maximum atomic E-state index is 13.5. The van der Waals surface area contributed by atoms with Gasteiger partial charge in [0.25, 0.3) is 11.8 Å². The Kier molecular flexibility index (Phi) is 9.57. The Hall–Kier alpha value is -6.45. The van der Waals surface area contributed by atoms with Gasteiger partial charge in [0.15, 0.2) is 35.1 Å². The summed E-state index contributed by atoms with van der Waals surface area (Å²) >= 11 is 2.15. The Morgan fingerprint density at radius 3 is 2.73 bits per heavy atom. The molecule has 2 aromatic heterocycles. The van der Waals surface area contributed by atoms with Crippen molar-refractivity contribution in [2.24, 2.45) is 5.16 Å². The Morgan fingerprint density at radius 1 is 1.25 bits per heavy atom. The van der Waals surface area contributed by atoms with Crippen molar-refractivity contribution < 1.29 is 49.0 Å². The molecular formula is C33H25N7O9S2. The van der Waals surface area contributed by atoms with Gasteiger partial charge in [0.05, 0.1) is 17.2 Å². The lowest BCUT2D eigenvalue weighted by atomic mass is 10.0. The molecule has 4 heterocycles. The Balaban J connectivity index is 1.22. The normalized spacial score (nSPS) is 17.8. The average Bonchev–Trinajstić information content (AvgIpc) is 3.55. The van der Waals surface area contributed by atoms with Crippen molar-refractivity contribution in [2.45, 2.75) is 24.1 Å². The van der Waals surface area contributed by atoms with Gasteiger partial charge in [0.1, 0.15) is 23.2 Å². The molecule has 2 aliphatic rings. The van der Waals surface area contributed by atoms with E-state index in [0.29, 0.717) is 12.1 Å². The molecule has 0 radical (unpaired) electrons. The number of hydrogen-bond acceptors (Lipinski definition) is 14. The minimum atomic E-state index is -1.97. The lowest BCUT2D eigenvalue weighted by molar-refractivity contribution is -0.661. The van der Waals surface area contributed by atoms with Crippen LogP contribution >= 0.6 is 23.1 Å². The number of phenols is 2. The number of aromatic nitrogens is 2. The van der Waals surface area contributed by atoms with Crippen LogP contribution < -0.4 is 20.7 Å². The number of thioether (sulfide) groups is 1. The van der Waals surface area contributed by atoms with E-state index in [0.717, 1.165) is 39.3 Å². The quantitative estimate of drug-likeness (QED) is 0.0468. The first-order chi connectivity index (χ1) is 24.5. The van der Waals surface area contributed by atoms with Crippen molar-refractivity contribution in [1.82, 2.24) is 15.2 Å². The predicted molar refractivity (Wildman–Crippen MR) is 179 cm³/mol. The van der Waals surface area contributed by atoms with Crippen molar-refractivity contribution >= 4 is 68.6 Å². The second-order valence-corrected chi connectivity index (χ2v) is 13.0. The van der Waals surface area contributed by atoms with Gasteiger partial charge >= 0.3 is 5.97 Å². The Morgan fingerprint density at radius 2 is 2.02 bits per heavy atom. The molecule has 2 aliphatic heterocycles. The largest absolute Gasteiger partial charge is 0.543 e. The lowest BCUT2D eigenvalue weighted by Gasteiger charge is -2.50. The number of aromatic hydroxyl groups is 2. The second-order valence-electron chi connectivity index (χ2n) is 11.0. The first-order valence-electron chi connectivity index (χ1n) is 14.9. The van der Waals surface area contributed by atoms with Crippen molar-refractivity contribution in [3.63, 3.8) is 0 Å². The van der Waals surface area contributed by atoms with E-state index in [9.17, 15) is 44.9 Å². The van der Waals surface area contributed by atoms with E-state index in [1.807, 2.05) is 47.2 Å². The number of amides is 2. The molecule has 6 rings (SSSR count). The van der Waals surface area contributed by atoms with Gasteiger partial charge in [-0.15, -0.1) is 23.1 Å². The number of thiazole rings is 1. The first kappa shape index (κ1) is 34.4. The number of nitrogens with zero attached hydrogens (tertiary/aromatic N) is 5. The topological polar surface area (TPSA) is 255 Å². The molecule has 2 amide bonds. The number of benzene rings is 2. The van der Waals surface area contributed by atoms with Crippen LogP contribution in [0.1, 0.15) is 22.9 Å². The van der Waals surface area contributed by atoms with E-state index in [4.69, 9.17) is 10.6 Å². The van der Waals surface area contributed by atoms with Crippen LogP contribution in [-0.4, -0.2) is 71.8 Å². The number of nitrogens with one attached hydrogen (secondary N) is 1. The number of allylic oxidation sites excluding steroid dienone is 2. The van der Waals surface area contributed by atoms with Crippen LogP contribution in [0.3, 0.4) is 0 Å². The maximum Gasteiger partial charge on any atom is 0.352 e. The Labute approximate surface area is 296 Å².